The van der Waals surface area contributed by atoms with Gasteiger partial charge in [0.25, 0.3) is 0 Å². The molecule has 1 N–H and O–H groups in total. The average molecular weight is 415 g/mol. The van der Waals surface area contributed by atoms with Crippen LogP contribution in [0.5, 0.6) is 0 Å². The zero-order valence-corrected chi connectivity index (χ0v) is 20.0. The predicted molar refractivity (Wildman–Crippen MR) is 120 cm³/mol. The number of fused-ring (bicyclic) bond motifs is 5. The Hall–Kier alpha value is -0.960. The van der Waals surface area contributed by atoms with Crippen molar-refractivity contribution in [2.45, 2.75) is 92.9 Å². The smallest absolute Gasteiger partial charge is 0.158 e. The third kappa shape index (κ3) is 2.79. The molecule has 0 radical (unpaired) electrons. The summed E-state index contributed by atoms with van der Waals surface area (Å²) in [5.41, 5.74) is 2.10. The fraction of sp³-hybridized carbons (Fsp3) is 0.852. The van der Waals surface area contributed by atoms with Gasteiger partial charge >= 0.3 is 0 Å². The van der Waals surface area contributed by atoms with Crippen molar-refractivity contribution in [1.29, 1.82) is 0 Å². The van der Waals surface area contributed by atoms with Crippen LogP contribution in [0.2, 0.25) is 0 Å². The first-order chi connectivity index (χ1) is 13.9. The molecular formula is C27H42O3. The van der Waals surface area contributed by atoms with Gasteiger partial charge in [0.1, 0.15) is 12.4 Å². The molecule has 0 aromatic carbocycles. The van der Waals surface area contributed by atoms with Crippen molar-refractivity contribution in [2.75, 3.05) is 6.61 Å². The van der Waals surface area contributed by atoms with Crippen LogP contribution in [0.4, 0.5) is 0 Å². The molecule has 3 nitrogen and oxygen atoms in total. The summed E-state index contributed by atoms with van der Waals surface area (Å²) in [7, 11) is 0. The first-order valence-corrected chi connectivity index (χ1v) is 12.3. The van der Waals surface area contributed by atoms with Crippen LogP contribution in [-0.4, -0.2) is 23.3 Å². The maximum absolute atomic E-state index is 12.7. The van der Waals surface area contributed by atoms with Gasteiger partial charge < -0.3 is 5.11 Å². The van der Waals surface area contributed by atoms with Gasteiger partial charge in [0.15, 0.2) is 5.78 Å². The predicted octanol–water partition coefficient (Wildman–Crippen LogP) is 5.75. The van der Waals surface area contributed by atoms with Crippen molar-refractivity contribution in [2.24, 2.45) is 45.3 Å². The minimum absolute atomic E-state index is 0.0188. The fourth-order valence-electron chi connectivity index (χ4n) is 9.03. The Balaban J connectivity index is 1.68. The summed E-state index contributed by atoms with van der Waals surface area (Å²) in [5, 5.41) is 9.24. The standard InChI is InChI=1S/C27H42O3/c1-17(15-18(29)16-28)19-9-13-27(6)21-7-8-22-24(2,3)23(30)11-12-25(22,4)20(21)10-14-26(19,27)5/h7,17,19-20,22,28H,8-16H2,1-6H3. The molecule has 0 saturated heterocycles. The van der Waals surface area contributed by atoms with E-state index in [0.717, 1.165) is 19.3 Å². The lowest BCUT2D eigenvalue weighted by Crippen LogP contribution is -2.57. The Morgan fingerprint density at radius 1 is 1.13 bits per heavy atom. The highest BCUT2D eigenvalue weighted by molar-refractivity contribution is 5.85. The summed E-state index contributed by atoms with van der Waals surface area (Å²) >= 11 is 0. The third-order valence-corrected chi connectivity index (χ3v) is 11.1. The van der Waals surface area contributed by atoms with E-state index in [1.807, 2.05) is 0 Å². The maximum Gasteiger partial charge on any atom is 0.158 e. The average Bonchev–Trinajstić information content (AvgIpc) is 2.97. The number of aliphatic hydroxyl groups is 1. The summed E-state index contributed by atoms with van der Waals surface area (Å²) in [4.78, 5) is 24.7. The van der Waals surface area contributed by atoms with E-state index in [9.17, 15) is 14.7 Å². The van der Waals surface area contributed by atoms with Gasteiger partial charge in [-0.3, -0.25) is 9.59 Å². The Bertz CT molecular complexity index is 779. The molecule has 4 rings (SSSR count). The first-order valence-electron chi connectivity index (χ1n) is 12.3. The maximum atomic E-state index is 12.7. The highest BCUT2D eigenvalue weighted by Crippen LogP contribution is 2.73. The summed E-state index contributed by atoms with van der Waals surface area (Å²) < 4.78 is 0. The largest absolute Gasteiger partial charge is 0.389 e. The molecule has 0 amide bonds. The quantitative estimate of drug-likeness (QED) is 0.596. The van der Waals surface area contributed by atoms with E-state index in [1.54, 1.807) is 5.57 Å². The van der Waals surface area contributed by atoms with E-state index >= 15 is 0 Å². The van der Waals surface area contributed by atoms with Crippen molar-refractivity contribution in [3.63, 3.8) is 0 Å². The second-order valence-corrected chi connectivity index (χ2v) is 12.5. The molecule has 4 aliphatic carbocycles. The summed E-state index contributed by atoms with van der Waals surface area (Å²) in [6.45, 7) is 13.8. The van der Waals surface area contributed by atoms with Gasteiger partial charge in [0.2, 0.25) is 0 Å². The van der Waals surface area contributed by atoms with E-state index in [4.69, 9.17) is 0 Å². The van der Waals surface area contributed by atoms with E-state index < -0.39 is 0 Å². The normalized spacial score (nSPS) is 45.8. The van der Waals surface area contributed by atoms with E-state index in [1.165, 1.54) is 25.7 Å². The van der Waals surface area contributed by atoms with Crippen LogP contribution >= 0.6 is 0 Å². The number of hydrogen-bond donors (Lipinski definition) is 1. The summed E-state index contributed by atoms with van der Waals surface area (Å²) in [6.07, 6.45) is 10.7. The van der Waals surface area contributed by atoms with Crippen LogP contribution in [0.1, 0.15) is 92.9 Å². The van der Waals surface area contributed by atoms with Gasteiger partial charge in [0.05, 0.1) is 0 Å². The first kappa shape index (κ1) is 22.2. The van der Waals surface area contributed by atoms with Crippen LogP contribution in [-0.2, 0) is 9.59 Å². The monoisotopic (exact) mass is 414 g/mol. The fourth-order valence-corrected chi connectivity index (χ4v) is 9.03. The molecule has 3 fully saturated rings. The van der Waals surface area contributed by atoms with Crippen LogP contribution in [0.25, 0.3) is 0 Å². The van der Waals surface area contributed by atoms with Crippen LogP contribution in [0, 0.1) is 45.3 Å². The molecule has 7 unspecified atom stereocenters. The summed E-state index contributed by atoms with van der Waals surface area (Å²) in [5.74, 6) is 2.34. The van der Waals surface area contributed by atoms with Gasteiger partial charge in [-0.05, 0) is 78.4 Å². The van der Waals surface area contributed by atoms with Crippen LogP contribution < -0.4 is 0 Å². The van der Waals surface area contributed by atoms with Crippen molar-refractivity contribution in [3.05, 3.63) is 11.6 Å². The van der Waals surface area contributed by atoms with Crippen molar-refractivity contribution < 1.29 is 14.7 Å². The minimum Gasteiger partial charge on any atom is -0.389 e. The molecule has 3 saturated carbocycles. The molecule has 0 aromatic rings. The van der Waals surface area contributed by atoms with Gasteiger partial charge in [-0.2, -0.15) is 0 Å². The highest BCUT2D eigenvalue weighted by Gasteiger charge is 2.65. The van der Waals surface area contributed by atoms with Gasteiger partial charge in [-0.15, -0.1) is 0 Å². The number of rotatable bonds is 4. The molecular weight excluding hydrogens is 372 g/mol. The molecule has 0 heterocycles. The molecule has 30 heavy (non-hydrogen) atoms. The molecule has 3 heteroatoms. The lowest BCUT2D eigenvalue weighted by Gasteiger charge is -2.63. The zero-order valence-electron chi connectivity index (χ0n) is 20.0. The SMILES string of the molecule is CC(CC(=O)CO)C1CCC2(C)C3=CCC4C(C)(C)C(=O)CCC4(C)C3CCC12C. The molecule has 7 atom stereocenters. The summed E-state index contributed by atoms with van der Waals surface area (Å²) in [6, 6.07) is 0. The number of ketones is 2. The molecule has 4 aliphatic rings. The number of carbonyl (C=O) groups is 2. The second-order valence-electron chi connectivity index (χ2n) is 12.5. The second kappa shape index (κ2) is 7.02. The molecule has 0 aliphatic heterocycles. The Morgan fingerprint density at radius 2 is 1.83 bits per heavy atom. The Labute approximate surface area is 183 Å². The van der Waals surface area contributed by atoms with Crippen LogP contribution in [0.15, 0.2) is 11.6 Å². The van der Waals surface area contributed by atoms with Gasteiger partial charge in [-0.25, -0.2) is 0 Å². The van der Waals surface area contributed by atoms with E-state index in [2.05, 4.69) is 47.6 Å². The lowest BCUT2D eigenvalue weighted by molar-refractivity contribution is -0.146. The number of allylic oxidation sites excluding steroid dienone is 2. The highest BCUT2D eigenvalue weighted by atomic mass is 16.3. The Morgan fingerprint density at radius 3 is 2.50 bits per heavy atom. The zero-order chi connectivity index (χ0) is 22.1. The number of hydrogen-bond acceptors (Lipinski definition) is 3. The lowest BCUT2D eigenvalue weighted by atomic mass is 9.41. The number of aliphatic hydroxyl groups excluding tert-OH is 1. The van der Waals surface area contributed by atoms with Crippen LogP contribution in [0.3, 0.4) is 0 Å². The van der Waals surface area contributed by atoms with Crippen molar-refractivity contribution >= 4 is 11.6 Å². The minimum atomic E-state index is -0.327. The number of carbonyl (C=O) groups excluding carboxylic acids is 2. The molecule has 0 spiro atoms. The number of Topliss-reactive ketones (excluding diaryl/α,β-unsaturated/α-hetero) is 2. The molecule has 168 valence electrons. The van der Waals surface area contributed by atoms with Crippen molar-refractivity contribution in [3.8, 4) is 0 Å². The van der Waals surface area contributed by atoms with E-state index in [0.29, 0.717) is 35.9 Å². The van der Waals surface area contributed by atoms with Crippen molar-refractivity contribution in [1.82, 2.24) is 0 Å². The molecule has 0 bridgehead atoms. The van der Waals surface area contributed by atoms with E-state index in [-0.39, 0.29) is 34.1 Å². The van der Waals surface area contributed by atoms with Gasteiger partial charge in [0, 0.05) is 18.3 Å². The van der Waals surface area contributed by atoms with Gasteiger partial charge in [-0.1, -0.05) is 53.2 Å². The Kier molecular flexibility index (Phi) is 5.20. The molecule has 0 aromatic heterocycles. The third-order valence-electron chi connectivity index (χ3n) is 11.1. The topological polar surface area (TPSA) is 54.4 Å².